The van der Waals surface area contributed by atoms with Crippen molar-refractivity contribution in [1.82, 2.24) is 14.9 Å². The highest BCUT2D eigenvalue weighted by atomic mass is 16.5. The number of amides is 2. The molecule has 0 aliphatic carbocycles. The molecule has 0 aliphatic heterocycles. The van der Waals surface area contributed by atoms with Crippen LogP contribution < -0.4 is 20.1 Å². The molecule has 156 valence electrons. The zero-order valence-electron chi connectivity index (χ0n) is 16.7. The van der Waals surface area contributed by atoms with Gasteiger partial charge < -0.3 is 24.7 Å². The summed E-state index contributed by atoms with van der Waals surface area (Å²) in [5.41, 5.74) is 1.03. The largest absolute Gasteiger partial charge is 0.493 e. The fraction of sp³-hybridized carbons (Fsp3) is 0.227. The zero-order valence-corrected chi connectivity index (χ0v) is 16.7. The zero-order chi connectivity index (χ0) is 21.2. The molecule has 3 aromatic rings. The van der Waals surface area contributed by atoms with Crippen LogP contribution in [0.4, 0.5) is 5.69 Å². The van der Waals surface area contributed by atoms with Crippen LogP contribution in [0.3, 0.4) is 0 Å². The Hall–Kier alpha value is -3.81. The number of carbonyl (C=O) groups excluding carboxylic acids is 2. The van der Waals surface area contributed by atoms with Crippen molar-refractivity contribution in [2.45, 2.75) is 13.0 Å². The monoisotopic (exact) mass is 408 g/mol. The number of para-hydroxylation sites is 2. The number of hydrogen-bond donors (Lipinski definition) is 2. The van der Waals surface area contributed by atoms with Crippen molar-refractivity contribution in [3.63, 3.8) is 0 Å². The highest BCUT2D eigenvalue weighted by Gasteiger charge is 2.09. The van der Waals surface area contributed by atoms with E-state index in [1.165, 1.54) is 0 Å². The first-order valence-corrected chi connectivity index (χ1v) is 9.55. The van der Waals surface area contributed by atoms with Crippen LogP contribution in [-0.4, -0.2) is 41.6 Å². The molecule has 1 aromatic heterocycles. The average molecular weight is 408 g/mol. The lowest BCUT2D eigenvalue weighted by molar-refractivity contribution is -0.116. The smallest absolute Gasteiger partial charge is 0.251 e. The first-order valence-electron chi connectivity index (χ1n) is 9.55. The van der Waals surface area contributed by atoms with Gasteiger partial charge in [-0.2, -0.15) is 0 Å². The van der Waals surface area contributed by atoms with Crippen molar-refractivity contribution >= 4 is 17.5 Å². The standard InChI is InChI=1S/C22H24N4O4/c1-29-19-7-2-3-8-20(19)30-14-11-24-22(28)17-5-4-6-18(15-17)25-21(27)9-12-26-13-10-23-16-26/h2-8,10,13,15-16H,9,11-12,14H2,1H3,(H,24,28)(H,25,27). The van der Waals surface area contributed by atoms with Gasteiger partial charge >= 0.3 is 0 Å². The third-order valence-electron chi connectivity index (χ3n) is 4.28. The van der Waals surface area contributed by atoms with Gasteiger partial charge in [0.25, 0.3) is 5.91 Å². The topological polar surface area (TPSA) is 94.5 Å². The lowest BCUT2D eigenvalue weighted by Gasteiger charge is -2.11. The molecular formula is C22H24N4O4. The number of imidazole rings is 1. The molecule has 0 saturated carbocycles. The first-order chi connectivity index (χ1) is 14.7. The number of methoxy groups -OCH3 is 1. The number of hydrogen-bond acceptors (Lipinski definition) is 5. The molecule has 3 rings (SSSR count). The molecule has 2 amide bonds. The molecule has 0 aliphatic rings. The third kappa shape index (κ3) is 6.10. The van der Waals surface area contributed by atoms with Crippen LogP contribution in [0.25, 0.3) is 0 Å². The number of rotatable bonds is 10. The van der Waals surface area contributed by atoms with Crippen LogP contribution in [-0.2, 0) is 11.3 Å². The maximum atomic E-state index is 12.4. The van der Waals surface area contributed by atoms with Crippen molar-refractivity contribution < 1.29 is 19.1 Å². The van der Waals surface area contributed by atoms with Gasteiger partial charge in [0.15, 0.2) is 11.5 Å². The second-order valence-corrected chi connectivity index (χ2v) is 6.43. The number of nitrogens with zero attached hydrogens (tertiary/aromatic N) is 2. The molecular weight excluding hydrogens is 384 g/mol. The normalized spacial score (nSPS) is 10.3. The van der Waals surface area contributed by atoms with E-state index in [0.29, 0.717) is 48.9 Å². The highest BCUT2D eigenvalue weighted by molar-refractivity contribution is 5.97. The number of ether oxygens (including phenoxy) is 2. The van der Waals surface area contributed by atoms with E-state index in [1.807, 2.05) is 22.8 Å². The summed E-state index contributed by atoms with van der Waals surface area (Å²) in [4.78, 5) is 28.4. The fourth-order valence-corrected chi connectivity index (χ4v) is 2.78. The van der Waals surface area contributed by atoms with Gasteiger partial charge in [0.1, 0.15) is 6.61 Å². The van der Waals surface area contributed by atoms with E-state index in [9.17, 15) is 9.59 Å². The van der Waals surface area contributed by atoms with Gasteiger partial charge in [-0.25, -0.2) is 4.98 Å². The number of aromatic nitrogens is 2. The lowest BCUT2D eigenvalue weighted by atomic mass is 10.2. The summed E-state index contributed by atoms with van der Waals surface area (Å²) in [6.45, 7) is 1.17. The summed E-state index contributed by atoms with van der Waals surface area (Å²) in [6.07, 6.45) is 5.44. The van der Waals surface area contributed by atoms with Gasteiger partial charge in [0, 0.05) is 36.6 Å². The Morgan fingerprint density at radius 3 is 2.70 bits per heavy atom. The Kier molecular flexibility index (Phi) is 7.43. The average Bonchev–Trinajstić information content (AvgIpc) is 3.29. The Morgan fingerprint density at radius 2 is 1.93 bits per heavy atom. The third-order valence-corrected chi connectivity index (χ3v) is 4.28. The van der Waals surface area contributed by atoms with E-state index in [2.05, 4.69) is 15.6 Å². The molecule has 0 spiro atoms. The minimum atomic E-state index is -0.242. The first kappa shape index (κ1) is 20.9. The molecule has 0 bridgehead atoms. The number of carbonyl (C=O) groups is 2. The lowest BCUT2D eigenvalue weighted by Crippen LogP contribution is -2.28. The van der Waals surface area contributed by atoms with Crippen LogP contribution in [0, 0.1) is 0 Å². The molecule has 2 aromatic carbocycles. The van der Waals surface area contributed by atoms with E-state index in [-0.39, 0.29) is 11.8 Å². The van der Waals surface area contributed by atoms with Crippen LogP contribution in [0.1, 0.15) is 16.8 Å². The summed E-state index contributed by atoms with van der Waals surface area (Å²) >= 11 is 0. The minimum Gasteiger partial charge on any atom is -0.493 e. The summed E-state index contributed by atoms with van der Waals surface area (Å²) in [6, 6.07) is 14.1. The molecule has 8 nitrogen and oxygen atoms in total. The summed E-state index contributed by atoms with van der Waals surface area (Å²) in [7, 11) is 1.58. The fourth-order valence-electron chi connectivity index (χ4n) is 2.78. The second-order valence-electron chi connectivity index (χ2n) is 6.43. The maximum Gasteiger partial charge on any atom is 0.251 e. The SMILES string of the molecule is COc1ccccc1OCCNC(=O)c1cccc(NC(=O)CCn2ccnc2)c1. The molecule has 2 N–H and O–H groups in total. The Morgan fingerprint density at radius 1 is 1.10 bits per heavy atom. The van der Waals surface area contributed by atoms with Crippen molar-refractivity contribution in [3.05, 3.63) is 72.8 Å². The molecule has 0 atom stereocenters. The van der Waals surface area contributed by atoms with Crippen LogP contribution in [0.5, 0.6) is 11.5 Å². The summed E-state index contributed by atoms with van der Waals surface area (Å²) in [5, 5.41) is 5.61. The Balaban J connectivity index is 1.45. The van der Waals surface area contributed by atoms with Crippen LogP contribution >= 0.6 is 0 Å². The molecule has 30 heavy (non-hydrogen) atoms. The number of nitrogens with one attached hydrogen (secondary N) is 2. The summed E-state index contributed by atoms with van der Waals surface area (Å²) in [5.74, 6) is 0.884. The predicted octanol–water partition coefficient (Wildman–Crippen LogP) is 2.73. The van der Waals surface area contributed by atoms with Crippen LogP contribution in [0.15, 0.2) is 67.3 Å². The van der Waals surface area contributed by atoms with Gasteiger partial charge in [-0.15, -0.1) is 0 Å². The molecule has 0 saturated heterocycles. The molecule has 0 unspecified atom stereocenters. The molecule has 0 radical (unpaired) electrons. The minimum absolute atomic E-state index is 0.133. The van der Waals surface area contributed by atoms with Crippen molar-refractivity contribution in [2.75, 3.05) is 25.6 Å². The van der Waals surface area contributed by atoms with E-state index in [4.69, 9.17) is 9.47 Å². The van der Waals surface area contributed by atoms with Gasteiger partial charge in [-0.1, -0.05) is 18.2 Å². The number of anilines is 1. The van der Waals surface area contributed by atoms with Crippen molar-refractivity contribution in [2.24, 2.45) is 0 Å². The van der Waals surface area contributed by atoms with Crippen LogP contribution in [0.2, 0.25) is 0 Å². The van der Waals surface area contributed by atoms with Gasteiger partial charge in [0.2, 0.25) is 5.91 Å². The number of aryl methyl sites for hydroxylation is 1. The Labute approximate surface area is 174 Å². The molecule has 1 heterocycles. The molecule has 8 heteroatoms. The van der Waals surface area contributed by atoms with Gasteiger partial charge in [-0.3, -0.25) is 9.59 Å². The van der Waals surface area contributed by atoms with E-state index < -0.39 is 0 Å². The highest BCUT2D eigenvalue weighted by Crippen LogP contribution is 2.25. The quantitative estimate of drug-likeness (QED) is 0.503. The van der Waals surface area contributed by atoms with E-state index in [0.717, 1.165) is 0 Å². The van der Waals surface area contributed by atoms with Crippen molar-refractivity contribution in [3.8, 4) is 11.5 Å². The van der Waals surface area contributed by atoms with Gasteiger partial charge in [-0.05, 0) is 30.3 Å². The second kappa shape index (κ2) is 10.7. The van der Waals surface area contributed by atoms with Gasteiger partial charge in [0.05, 0.1) is 20.0 Å². The Bertz CT molecular complexity index is 973. The number of benzene rings is 2. The van der Waals surface area contributed by atoms with E-state index >= 15 is 0 Å². The van der Waals surface area contributed by atoms with E-state index in [1.54, 1.807) is 56.2 Å². The summed E-state index contributed by atoms with van der Waals surface area (Å²) < 4.78 is 12.7. The molecule has 0 fully saturated rings. The predicted molar refractivity (Wildman–Crippen MR) is 113 cm³/mol. The van der Waals surface area contributed by atoms with Crippen molar-refractivity contribution in [1.29, 1.82) is 0 Å². The maximum absolute atomic E-state index is 12.4.